The molecule has 0 saturated carbocycles. The van der Waals surface area contributed by atoms with E-state index >= 15 is 0 Å². The molecule has 2 heterocycles. The van der Waals surface area contributed by atoms with E-state index in [4.69, 9.17) is 0 Å². The van der Waals surface area contributed by atoms with Crippen LogP contribution in [0.25, 0.3) is 0 Å². The number of hydrogen-bond acceptors (Lipinski definition) is 4. The van der Waals surface area contributed by atoms with Crippen LogP contribution < -0.4 is 5.32 Å². The average molecular weight is 323 g/mol. The molecule has 1 aliphatic heterocycles. The molecule has 1 N–H and O–H groups in total. The van der Waals surface area contributed by atoms with Gasteiger partial charge in [0.25, 0.3) is 0 Å². The topological polar surface area (TPSA) is 62.3 Å². The zero-order valence-corrected chi connectivity index (χ0v) is 14.2. The van der Waals surface area contributed by atoms with Gasteiger partial charge in [0.1, 0.15) is 6.04 Å². The summed E-state index contributed by atoms with van der Waals surface area (Å²) in [7, 11) is 0. The molecule has 0 unspecified atom stereocenters. The number of nitrogens with one attached hydrogen (secondary N) is 1. The molecular formula is C16H25N3O2S. The first kappa shape index (κ1) is 16.9. The smallest absolute Gasteiger partial charge is 0.242 e. The number of carbonyl (C=O) groups is 2. The molecule has 1 aromatic rings. The van der Waals surface area contributed by atoms with Crippen molar-refractivity contribution in [1.82, 2.24) is 15.2 Å². The first-order valence-electron chi connectivity index (χ1n) is 8.10. The van der Waals surface area contributed by atoms with Gasteiger partial charge in [-0.15, -0.1) is 11.3 Å². The van der Waals surface area contributed by atoms with Crippen LogP contribution in [-0.2, 0) is 16.0 Å². The number of unbranched alkanes of at least 4 members (excludes halogenated alkanes) is 1. The lowest BCUT2D eigenvalue weighted by atomic mass is 10.2. The lowest BCUT2D eigenvalue weighted by Gasteiger charge is -2.24. The van der Waals surface area contributed by atoms with Crippen molar-refractivity contribution >= 4 is 23.2 Å². The van der Waals surface area contributed by atoms with E-state index < -0.39 is 0 Å². The van der Waals surface area contributed by atoms with Crippen molar-refractivity contribution in [3.8, 4) is 0 Å². The van der Waals surface area contributed by atoms with Gasteiger partial charge in [-0.1, -0.05) is 13.3 Å². The zero-order chi connectivity index (χ0) is 15.9. The lowest BCUT2D eigenvalue weighted by molar-refractivity contribution is -0.138. The molecule has 6 heteroatoms. The number of thiazole rings is 1. The highest BCUT2D eigenvalue weighted by molar-refractivity contribution is 7.09. The fourth-order valence-corrected chi connectivity index (χ4v) is 3.41. The van der Waals surface area contributed by atoms with Crippen LogP contribution >= 0.6 is 11.3 Å². The van der Waals surface area contributed by atoms with E-state index in [1.54, 1.807) is 16.2 Å². The van der Waals surface area contributed by atoms with Gasteiger partial charge in [-0.25, -0.2) is 4.98 Å². The fourth-order valence-electron chi connectivity index (χ4n) is 2.76. The Kier molecular flexibility index (Phi) is 6.36. The van der Waals surface area contributed by atoms with Crippen LogP contribution in [0.15, 0.2) is 5.38 Å². The number of carbonyl (C=O) groups excluding carboxylic acids is 2. The molecular weight excluding hydrogens is 298 g/mol. The van der Waals surface area contributed by atoms with Crippen molar-refractivity contribution in [2.75, 3.05) is 13.1 Å². The molecule has 22 heavy (non-hydrogen) atoms. The second kappa shape index (κ2) is 8.27. The minimum Gasteiger partial charge on any atom is -0.354 e. The molecule has 1 saturated heterocycles. The molecule has 1 atom stereocenters. The van der Waals surface area contributed by atoms with Crippen molar-refractivity contribution in [1.29, 1.82) is 0 Å². The van der Waals surface area contributed by atoms with Crippen LogP contribution in [-0.4, -0.2) is 40.8 Å². The molecule has 2 rings (SSSR count). The summed E-state index contributed by atoms with van der Waals surface area (Å²) in [5.41, 5.74) is 1.02. The highest BCUT2D eigenvalue weighted by atomic mass is 32.1. The summed E-state index contributed by atoms with van der Waals surface area (Å²) < 4.78 is 0. The molecule has 1 fully saturated rings. The Bertz CT molecular complexity index is 515. The Morgan fingerprint density at radius 2 is 2.32 bits per heavy atom. The first-order valence-corrected chi connectivity index (χ1v) is 8.98. The zero-order valence-electron chi connectivity index (χ0n) is 13.4. The van der Waals surface area contributed by atoms with Crippen LogP contribution in [0.3, 0.4) is 0 Å². The van der Waals surface area contributed by atoms with E-state index in [0.29, 0.717) is 19.5 Å². The Labute approximate surface area is 136 Å². The second-order valence-corrected chi connectivity index (χ2v) is 6.81. The van der Waals surface area contributed by atoms with E-state index in [1.165, 1.54) is 0 Å². The van der Waals surface area contributed by atoms with Gasteiger partial charge in [-0.05, 0) is 26.2 Å². The molecule has 1 aromatic heterocycles. The molecule has 0 spiro atoms. The molecule has 0 bridgehead atoms. The Hall–Kier alpha value is -1.43. The van der Waals surface area contributed by atoms with E-state index in [1.807, 2.05) is 12.3 Å². The van der Waals surface area contributed by atoms with Crippen molar-refractivity contribution in [2.24, 2.45) is 0 Å². The highest BCUT2D eigenvalue weighted by Gasteiger charge is 2.33. The summed E-state index contributed by atoms with van der Waals surface area (Å²) in [6.07, 6.45) is 4.89. The summed E-state index contributed by atoms with van der Waals surface area (Å²) >= 11 is 1.62. The van der Waals surface area contributed by atoms with Crippen LogP contribution in [0.2, 0.25) is 0 Å². The largest absolute Gasteiger partial charge is 0.354 e. The van der Waals surface area contributed by atoms with Gasteiger partial charge in [0.2, 0.25) is 11.8 Å². The molecule has 5 nitrogen and oxygen atoms in total. The van der Waals surface area contributed by atoms with E-state index in [0.717, 1.165) is 42.8 Å². The van der Waals surface area contributed by atoms with Crippen molar-refractivity contribution < 1.29 is 9.59 Å². The van der Waals surface area contributed by atoms with Gasteiger partial charge in [-0.3, -0.25) is 9.59 Å². The molecule has 1 aliphatic rings. The third kappa shape index (κ3) is 4.53. The van der Waals surface area contributed by atoms with Crippen LogP contribution in [0.4, 0.5) is 0 Å². The SMILES string of the molecule is CCCCC(=O)N1CCC[C@@H]1C(=O)NCCc1csc(C)n1. The summed E-state index contributed by atoms with van der Waals surface area (Å²) in [5, 5.41) is 6.03. The summed E-state index contributed by atoms with van der Waals surface area (Å²) in [5.74, 6) is 0.101. The van der Waals surface area contributed by atoms with Crippen LogP contribution in [0.5, 0.6) is 0 Å². The Morgan fingerprint density at radius 3 is 3.00 bits per heavy atom. The lowest BCUT2D eigenvalue weighted by Crippen LogP contribution is -2.46. The van der Waals surface area contributed by atoms with Gasteiger partial charge in [0.15, 0.2) is 0 Å². The fraction of sp³-hybridized carbons (Fsp3) is 0.688. The molecule has 0 aliphatic carbocycles. The van der Waals surface area contributed by atoms with Gasteiger partial charge in [-0.2, -0.15) is 0 Å². The maximum Gasteiger partial charge on any atom is 0.242 e. The Morgan fingerprint density at radius 1 is 1.50 bits per heavy atom. The predicted molar refractivity (Wildman–Crippen MR) is 87.8 cm³/mol. The first-order chi connectivity index (χ1) is 10.6. The van der Waals surface area contributed by atoms with Gasteiger partial charge in [0, 0.05) is 31.3 Å². The van der Waals surface area contributed by atoms with E-state index in [9.17, 15) is 9.59 Å². The summed E-state index contributed by atoms with van der Waals surface area (Å²) in [4.78, 5) is 30.6. The third-order valence-electron chi connectivity index (χ3n) is 3.97. The van der Waals surface area contributed by atoms with Gasteiger partial charge in [0.05, 0.1) is 10.7 Å². The number of amides is 2. The maximum absolute atomic E-state index is 12.3. The summed E-state index contributed by atoms with van der Waals surface area (Å²) in [6.45, 7) is 5.34. The average Bonchev–Trinajstić information content (AvgIpc) is 3.13. The minimum absolute atomic E-state index is 0.0192. The number of nitrogens with zero attached hydrogens (tertiary/aromatic N) is 2. The van der Waals surface area contributed by atoms with Crippen molar-refractivity contribution in [3.63, 3.8) is 0 Å². The molecule has 0 aromatic carbocycles. The molecule has 122 valence electrons. The maximum atomic E-state index is 12.3. The van der Waals surface area contributed by atoms with Gasteiger partial charge < -0.3 is 10.2 Å². The highest BCUT2D eigenvalue weighted by Crippen LogP contribution is 2.19. The van der Waals surface area contributed by atoms with Crippen LogP contribution in [0.1, 0.15) is 49.7 Å². The minimum atomic E-state index is -0.276. The predicted octanol–water partition coefficient (Wildman–Crippen LogP) is 2.29. The number of hydrogen-bond donors (Lipinski definition) is 1. The number of aromatic nitrogens is 1. The molecule has 2 amide bonds. The number of aryl methyl sites for hydroxylation is 1. The standard InChI is InChI=1S/C16H25N3O2S/c1-3-4-7-15(20)19-10-5-6-14(19)16(21)17-9-8-13-11-22-12(2)18-13/h11,14H,3-10H2,1-2H3,(H,17,21)/t14-/m1/s1. The Balaban J connectivity index is 1.79. The quantitative estimate of drug-likeness (QED) is 0.837. The van der Waals surface area contributed by atoms with Crippen molar-refractivity contribution in [2.45, 2.75) is 58.4 Å². The van der Waals surface area contributed by atoms with Crippen molar-refractivity contribution in [3.05, 3.63) is 16.1 Å². The normalized spacial score (nSPS) is 17.7. The molecule has 0 radical (unpaired) electrons. The van der Waals surface area contributed by atoms with Crippen LogP contribution in [0, 0.1) is 6.92 Å². The summed E-state index contributed by atoms with van der Waals surface area (Å²) in [6, 6.07) is -0.276. The van der Waals surface area contributed by atoms with Gasteiger partial charge >= 0.3 is 0 Å². The number of likely N-dealkylation sites (tertiary alicyclic amines) is 1. The van der Waals surface area contributed by atoms with E-state index in [-0.39, 0.29) is 17.9 Å². The van der Waals surface area contributed by atoms with E-state index in [2.05, 4.69) is 17.2 Å². The second-order valence-electron chi connectivity index (χ2n) is 5.75. The monoisotopic (exact) mass is 323 g/mol. The number of rotatable bonds is 7. The third-order valence-corrected chi connectivity index (χ3v) is 4.79.